The van der Waals surface area contributed by atoms with E-state index in [1.54, 1.807) is 25.6 Å². The van der Waals surface area contributed by atoms with E-state index in [9.17, 15) is 4.79 Å². The lowest BCUT2D eigenvalue weighted by Gasteiger charge is -2.40. The van der Waals surface area contributed by atoms with E-state index in [-0.39, 0.29) is 12.1 Å². The molecule has 3 aromatic rings. The van der Waals surface area contributed by atoms with Crippen LogP contribution in [0.15, 0.2) is 60.7 Å². The smallest absolute Gasteiger partial charge is 0.137 e. The van der Waals surface area contributed by atoms with E-state index in [1.807, 2.05) is 24.3 Å². The van der Waals surface area contributed by atoms with E-state index in [4.69, 9.17) is 9.47 Å². The predicted molar refractivity (Wildman–Crippen MR) is 121 cm³/mol. The second-order valence-electron chi connectivity index (χ2n) is 7.53. The van der Waals surface area contributed by atoms with Gasteiger partial charge in [0.25, 0.3) is 0 Å². The minimum atomic E-state index is -0.111. The van der Waals surface area contributed by atoms with Gasteiger partial charge in [-0.15, -0.1) is 11.3 Å². The molecule has 2 atom stereocenters. The molecule has 1 saturated heterocycles. The van der Waals surface area contributed by atoms with Crippen LogP contribution < -0.4 is 9.47 Å². The number of nitrogens with zero attached hydrogens (tertiary/aromatic N) is 1. The van der Waals surface area contributed by atoms with Crippen molar-refractivity contribution in [3.8, 4) is 21.9 Å². The van der Waals surface area contributed by atoms with Gasteiger partial charge in [0.1, 0.15) is 17.8 Å². The number of aldehydes is 1. The van der Waals surface area contributed by atoms with Crippen LogP contribution in [0.2, 0.25) is 0 Å². The molecule has 4 rings (SSSR count). The van der Waals surface area contributed by atoms with Crippen LogP contribution in [0.1, 0.15) is 35.7 Å². The van der Waals surface area contributed by atoms with Gasteiger partial charge in [0.15, 0.2) is 0 Å². The standard InChI is InChI=1S/C25H27NO3S/c1-28-22-12-7-13-23(29-2)25(22)21-11-6-10-19(17-27)26(21)16-20-14-15-24(30-20)18-8-4-3-5-9-18/h3-5,7-9,12-15,17,19,21H,6,10-11,16H2,1-2H3. The first-order valence-electron chi connectivity index (χ1n) is 10.3. The molecule has 5 heteroatoms. The zero-order valence-corrected chi connectivity index (χ0v) is 18.2. The van der Waals surface area contributed by atoms with Gasteiger partial charge in [-0.3, -0.25) is 4.90 Å². The third kappa shape index (κ3) is 4.13. The molecular formula is C25H27NO3S. The van der Waals surface area contributed by atoms with E-state index < -0.39 is 0 Å². The Morgan fingerprint density at radius 2 is 1.70 bits per heavy atom. The Morgan fingerprint density at radius 3 is 2.37 bits per heavy atom. The predicted octanol–water partition coefficient (Wildman–Crippen LogP) is 5.73. The van der Waals surface area contributed by atoms with Gasteiger partial charge < -0.3 is 14.3 Å². The van der Waals surface area contributed by atoms with Crippen LogP contribution in [0.3, 0.4) is 0 Å². The number of thiophene rings is 1. The van der Waals surface area contributed by atoms with E-state index in [1.165, 1.54) is 15.3 Å². The molecule has 2 unspecified atom stereocenters. The molecule has 0 spiro atoms. The Kier molecular flexibility index (Phi) is 6.50. The van der Waals surface area contributed by atoms with Crippen LogP contribution in [0.4, 0.5) is 0 Å². The lowest BCUT2D eigenvalue weighted by molar-refractivity contribution is -0.115. The third-order valence-corrected chi connectivity index (χ3v) is 6.94. The van der Waals surface area contributed by atoms with Gasteiger partial charge in [-0.2, -0.15) is 0 Å². The fourth-order valence-corrected chi connectivity index (χ4v) is 5.40. The SMILES string of the molecule is COc1cccc(OC)c1C1CCCC(C=O)N1Cc1ccc(-c2ccccc2)s1. The van der Waals surface area contributed by atoms with Crippen molar-refractivity contribution in [1.29, 1.82) is 0 Å². The molecule has 0 saturated carbocycles. The van der Waals surface area contributed by atoms with E-state index in [2.05, 4.69) is 41.3 Å². The highest BCUT2D eigenvalue weighted by atomic mass is 32.1. The lowest BCUT2D eigenvalue weighted by atomic mass is 9.90. The summed E-state index contributed by atoms with van der Waals surface area (Å²) in [6.07, 6.45) is 3.96. The average molecular weight is 422 g/mol. The van der Waals surface area contributed by atoms with E-state index in [0.29, 0.717) is 0 Å². The first kappa shape index (κ1) is 20.6. The monoisotopic (exact) mass is 421 g/mol. The molecule has 1 aliphatic heterocycles. The quantitative estimate of drug-likeness (QED) is 0.457. The summed E-state index contributed by atoms with van der Waals surface area (Å²) in [5, 5.41) is 0. The Morgan fingerprint density at radius 1 is 0.967 bits per heavy atom. The Hall–Kier alpha value is -2.63. The fourth-order valence-electron chi connectivity index (χ4n) is 4.38. The summed E-state index contributed by atoms with van der Waals surface area (Å²) in [6.45, 7) is 0.729. The Labute approximate surface area is 182 Å². The molecule has 0 N–H and O–H groups in total. The van der Waals surface area contributed by atoms with Gasteiger partial charge in [0.2, 0.25) is 0 Å². The number of methoxy groups -OCH3 is 2. The maximum absolute atomic E-state index is 12.0. The number of benzene rings is 2. The molecule has 0 bridgehead atoms. The topological polar surface area (TPSA) is 38.8 Å². The van der Waals surface area contributed by atoms with Crippen molar-refractivity contribution >= 4 is 17.6 Å². The fraction of sp³-hybridized carbons (Fsp3) is 0.320. The first-order valence-corrected chi connectivity index (χ1v) is 11.1. The van der Waals surface area contributed by atoms with Crippen molar-refractivity contribution in [2.75, 3.05) is 14.2 Å². The number of likely N-dealkylation sites (tertiary alicyclic amines) is 1. The van der Waals surface area contributed by atoms with Crippen molar-refractivity contribution in [3.05, 3.63) is 71.1 Å². The van der Waals surface area contributed by atoms with Gasteiger partial charge in [-0.05, 0) is 49.1 Å². The lowest BCUT2D eigenvalue weighted by Crippen LogP contribution is -2.42. The first-order chi connectivity index (χ1) is 14.7. The van der Waals surface area contributed by atoms with Crippen molar-refractivity contribution in [2.24, 2.45) is 0 Å². The number of carbonyl (C=O) groups excluding carboxylic acids is 1. The summed E-state index contributed by atoms with van der Waals surface area (Å²) in [5.74, 6) is 1.62. The maximum Gasteiger partial charge on any atom is 0.137 e. The second kappa shape index (κ2) is 9.45. The number of rotatable bonds is 7. The highest BCUT2D eigenvalue weighted by Crippen LogP contribution is 2.44. The van der Waals surface area contributed by atoms with Crippen molar-refractivity contribution in [3.63, 3.8) is 0 Å². The van der Waals surface area contributed by atoms with Crippen LogP contribution in [0, 0.1) is 0 Å². The number of carbonyl (C=O) groups is 1. The summed E-state index contributed by atoms with van der Waals surface area (Å²) < 4.78 is 11.4. The molecule has 1 fully saturated rings. The van der Waals surface area contributed by atoms with Gasteiger partial charge in [0.05, 0.1) is 25.8 Å². The van der Waals surface area contributed by atoms with E-state index in [0.717, 1.165) is 49.2 Å². The molecule has 0 aliphatic carbocycles. The minimum Gasteiger partial charge on any atom is -0.496 e. The zero-order chi connectivity index (χ0) is 20.9. The molecule has 4 nitrogen and oxygen atoms in total. The minimum absolute atomic E-state index is 0.0716. The average Bonchev–Trinajstić information content (AvgIpc) is 3.28. The van der Waals surface area contributed by atoms with Crippen LogP contribution in [-0.4, -0.2) is 31.4 Å². The van der Waals surface area contributed by atoms with Gasteiger partial charge in [-0.1, -0.05) is 36.4 Å². The van der Waals surface area contributed by atoms with Gasteiger partial charge >= 0.3 is 0 Å². The molecule has 156 valence electrons. The molecule has 2 heterocycles. The summed E-state index contributed by atoms with van der Waals surface area (Å²) in [6, 6.07) is 20.6. The molecule has 0 radical (unpaired) electrons. The highest BCUT2D eigenvalue weighted by molar-refractivity contribution is 7.15. The van der Waals surface area contributed by atoms with Crippen molar-refractivity contribution in [1.82, 2.24) is 4.90 Å². The summed E-state index contributed by atoms with van der Waals surface area (Å²) in [7, 11) is 3.38. The third-order valence-electron chi connectivity index (χ3n) is 5.82. The van der Waals surface area contributed by atoms with Crippen LogP contribution in [0.25, 0.3) is 10.4 Å². The summed E-state index contributed by atoms with van der Waals surface area (Å²) >= 11 is 1.79. The maximum atomic E-state index is 12.0. The van der Waals surface area contributed by atoms with Gasteiger partial charge in [0, 0.05) is 22.3 Å². The molecular weight excluding hydrogens is 394 g/mol. The summed E-state index contributed by atoms with van der Waals surface area (Å²) in [4.78, 5) is 16.8. The van der Waals surface area contributed by atoms with E-state index >= 15 is 0 Å². The normalized spacial score (nSPS) is 19.4. The largest absolute Gasteiger partial charge is 0.496 e. The number of piperidine rings is 1. The Balaban J connectivity index is 1.67. The van der Waals surface area contributed by atoms with Crippen LogP contribution in [-0.2, 0) is 11.3 Å². The van der Waals surface area contributed by atoms with Crippen molar-refractivity contribution < 1.29 is 14.3 Å². The number of hydrogen-bond acceptors (Lipinski definition) is 5. The highest BCUT2D eigenvalue weighted by Gasteiger charge is 2.35. The Bertz CT molecular complexity index is 963. The number of ether oxygens (including phenoxy) is 2. The molecule has 30 heavy (non-hydrogen) atoms. The molecule has 2 aromatic carbocycles. The van der Waals surface area contributed by atoms with Crippen LogP contribution >= 0.6 is 11.3 Å². The molecule has 0 amide bonds. The van der Waals surface area contributed by atoms with Crippen LogP contribution in [0.5, 0.6) is 11.5 Å². The zero-order valence-electron chi connectivity index (χ0n) is 17.4. The van der Waals surface area contributed by atoms with Gasteiger partial charge in [-0.25, -0.2) is 0 Å². The molecule has 1 aromatic heterocycles. The number of hydrogen-bond donors (Lipinski definition) is 0. The summed E-state index contributed by atoms with van der Waals surface area (Å²) in [5.41, 5.74) is 2.26. The molecule has 1 aliphatic rings. The van der Waals surface area contributed by atoms with Crippen molar-refractivity contribution in [2.45, 2.75) is 37.9 Å². The second-order valence-corrected chi connectivity index (χ2v) is 8.70.